The lowest BCUT2D eigenvalue weighted by Gasteiger charge is -2.07. The molecule has 0 amide bonds. The van der Waals surface area contributed by atoms with Crippen LogP contribution in [0, 0.1) is 0 Å². The van der Waals surface area contributed by atoms with E-state index in [1.54, 1.807) is 6.92 Å². The molecule has 1 rings (SSSR count). The predicted octanol–water partition coefficient (Wildman–Crippen LogP) is 2.96. The van der Waals surface area contributed by atoms with Crippen molar-refractivity contribution >= 4 is 11.9 Å². The molecule has 1 aromatic rings. The van der Waals surface area contributed by atoms with Gasteiger partial charge in [0.1, 0.15) is 12.6 Å². The summed E-state index contributed by atoms with van der Waals surface area (Å²) in [5.41, 5.74) is 6.39. The molecule has 5 heteroatoms. The Morgan fingerprint density at radius 1 is 1.00 bits per heavy atom. The second-order valence-electron chi connectivity index (χ2n) is 5.62. The zero-order valence-corrected chi connectivity index (χ0v) is 13.8. The van der Waals surface area contributed by atoms with E-state index in [1.165, 1.54) is 0 Å². The summed E-state index contributed by atoms with van der Waals surface area (Å²) in [6, 6.07) is 9.10. The van der Waals surface area contributed by atoms with Gasteiger partial charge in [0.15, 0.2) is 0 Å². The SMILES string of the molecule is C[C@H](N)C(=O)OCCCCCCCC(=O)OCc1ccccc1. The van der Waals surface area contributed by atoms with Crippen LogP contribution >= 0.6 is 0 Å². The van der Waals surface area contributed by atoms with Gasteiger partial charge in [-0.05, 0) is 25.3 Å². The number of esters is 2. The Labute approximate surface area is 138 Å². The van der Waals surface area contributed by atoms with Gasteiger partial charge in [0, 0.05) is 6.42 Å². The third-order valence-corrected chi connectivity index (χ3v) is 3.38. The van der Waals surface area contributed by atoms with Gasteiger partial charge in [-0.25, -0.2) is 0 Å². The highest BCUT2D eigenvalue weighted by molar-refractivity contribution is 5.74. The molecule has 2 N–H and O–H groups in total. The predicted molar refractivity (Wildman–Crippen MR) is 88.5 cm³/mol. The minimum Gasteiger partial charge on any atom is -0.465 e. The van der Waals surface area contributed by atoms with Gasteiger partial charge in [0.05, 0.1) is 6.61 Å². The summed E-state index contributed by atoms with van der Waals surface area (Å²) in [7, 11) is 0. The number of hydrogen-bond donors (Lipinski definition) is 1. The van der Waals surface area contributed by atoms with Crippen LogP contribution in [-0.2, 0) is 25.7 Å². The number of ether oxygens (including phenoxy) is 2. The summed E-state index contributed by atoms with van der Waals surface area (Å²) in [5.74, 6) is -0.508. The highest BCUT2D eigenvalue weighted by Gasteiger charge is 2.07. The molecule has 0 spiro atoms. The molecule has 0 unspecified atom stereocenters. The van der Waals surface area contributed by atoms with Crippen LogP contribution < -0.4 is 5.73 Å². The van der Waals surface area contributed by atoms with E-state index in [0.717, 1.165) is 37.7 Å². The summed E-state index contributed by atoms with van der Waals surface area (Å²) >= 11 is 0. The molecular weight excluding hydrogens is 294 g/mol. The molecule has 0 aliphatic heterocycles. The molecule has 0 aromatic heterocycles. The van der Waals surface area contributed by atoms with Crippen molar-refractivity contribution in [2.24, 2.45) is 5.73 Å². The molecule has 0 saturated carbocycles. The van der Waals surface area contributed by atoms with Crippen molar-refractivity contribution in [3.8, 4) is 0 Å². The Morgan fingerprint density at radius 2 is 1.65 bits per heavy atom. The first kappa shape index (κ1) is 19.2. The number of rotatable bonds is 11. The van der Waals surface area contributed by atoms with Crippen molar-refractivity contribution in [2.75, 3.05) is 6.61 Å². The zero-order chi connectivity index (χ0) is 16.9. The molecule has 0 aliphatic rings. The Balaban J connectivity index is 1.92. The van der Waals surface area contributed by atoms with E-state index in [4.69, 9.17) is 15.2 Å². The van der Waals surface area contributed by atoms with Crippen molar-refractivity contribution in [3.05, 3.63) is 35.9 Å². The van der Waals surface area contributed by atoms with Crippen molar-refractivity contribution < 1.29 is 19.1 Å². The van der Waals surface area contributed by atoms with E-state index in [1.807, 2.05) is 30.3 Å². The molecule has 0 bridgehead atoms. The maximum absolute atomic E-state index is 11.6. The lowest BCUT2D eigenvalue weighted by molar-refractivity contribution is -0.146. The summed E-state index contributed by atoms with van der Waals surface area (Å²) in [4.78, 5) is 22.7. The zero-order valence-electron chi connectivity index (χ0n) is 13.8. The standard InChI is InChI=1S/C18H27NO4/c1-15(19)18(21)22-13-9-4-2-3-8-12-17(20)23-14-16-10-6-5-7-11-16/h5-7,10-11,15H,2-4,8-9,12-14,19H2,1H3/t15-/m0/s1. The summed E-state index contributed by atoms with van der Waals surface area (Å²) < 4.78 is 10.2. The number of unbranched alkanes of at least 4 members (excludes halogenated alkanes) is 4. The first-order valence-corrected chi connectivity index (χ1v) is 8.21. The first-order valence-electron chi connectivity index (χ1n) is 8.21. The highest BCUT2D eigenvalue weighted by Crippen LogP contribution is 2.08. The van der Waals surface area contributed by atoms with Crippen molar-refractivity contribution in [1.82, 2.24) is 0 Å². The van der Waals surface area contributed by atoms with Crippen molar-refractivity contribution in [1.29, 1.82) is 0 Å². The molecule has 5 nitrogen and oxygen atoms in total. The second kappa shape index (κ2) is 11.7. The second-order valence-corrected chi connectivity index (χ2v) is 5.62. The number of carbonyl (C=O) groups is 2. The fourth-order valence-electron chi connectivity index (χ4n) is 2.02. The first-order chi connectivity index (χ1) is 11.1. The van der Waals surface area contributed by atoms with Gasteiger partial charge in [-0.15, -0.1) is 0 Å². The van der Waals surface area contributed by atoms with Crippen LogP contribution in [0.25, 0.3) is 0 Å². The lowest BCUT2D eigenvalue weighted by atomic mass is 10.1. The summed E-state index contributed by atoms with van der Waals surface area (Å²) in [6.07, 6.45) is 5.07. The molecule has 0 fully saturated rings. The Kier molecular flexibility index (Phi) is 9.71. The van der Waals surface area contributed by atoms with Gasteiger partial charge in [-0.1, -0.05) is 49.6 Å². The Morgan fingerprint density at radius 3 is 2.35 bits per heavy atom. The average Bonchev–Trinajstić information content (AvgIpc) is 2.56. The molecule has 128 valence electrons. The summed E-state index contributed by atoms with van der Waals surface area (Å²) in [6.45, 7) is 2.36. The Hall–Kier alpha value is -1.88. The summed E-state index contributed by atoms with van der Waals surface area (Å²) in [5, 5.41) is 0. The number of benzene rings is 1. The van der Waals surface area contributed by atoms with Crippen LogP contribution in [0.2, 0.25) is 0 Å². The molecule has 0 aliphatic carbocycles. The van der Waals surface area contributed by atoms with E-state index in [-0.39, 0.29) is 11.9 Å². The lowest BCUT2D eigenvalue weighted by Crippen LogP contribution is -2.28. The van der Waals surface area contributed by atoms with E-state index < -0.39 is 6.04 Å². The maximum Gasteiger partial charge on any atom is 0.322 e. The third-order valence-electron chi connectivity index (χ3n) is 3.38. The third kappa shape index (κ3) is 9.68. The molecule has 0 saturated heterocycles. The van der Waals surface area contributed by atoms with Crippen LogP contribution in [0.4, 0.5) is 0 Å². The van der Waals surface area contributed by atoms with Crippen LogP contribution in [0.15, 0.2) is 30.3 Å². The van der Waals surface area contributed by atoms with Crippen LogP contribution in [-0.4, -0.2) is 24.6 Å². The maximum atomic E-state index is 11.6. The van der Waals surface area contributed by atoms with E-state index in [9.17, 15) is 9.59 Å². The van der Waals surface area contributed by atoms with Gasteiger partial charge in [-0.3, -0.25) is 9.59 Å². The van der Waals surface area contributed by atoms with Crippen LogP contribution in [0.1, 0.15) is 51.0 Å². The normalized spacial score (nSPS) is 11.7. The van der Waals surface area contributed by atoms with Gasteiger partial charge in [-0.2, -0.15) is 0 Å². The van der Waals surface area contributed by atoms with Crippen LogP contribution in [0.3, 0.4) is 0 Å². The molecule has 0 radical (unpaired) electrons. The topological polar surface area (TPSA) is 78.6 Å². The molecule has 0 heterocycles. The van der Waals surface area contributed by atoms with Gasteiger partial charge >= 0.3 is 11.9 Å². The number of carbonyl (C=O) groups excluding carboxylic acids is 2. The fourth-order valence-corrected chi connectivity index (χ4v) is 2.02. The monoisotopic (exact) mass is 321 g/mol. The minimum absolute atomic E-state index is 0.153. The molecule has 23 heavy (non-hydrogen) atoms. The van der Waals surface area contributed by atoms with E-state index >= 15 is 0 Å². The van der Waals surface area contributed by atoms with Gasteiger partial charge in [0.25, 0.3) is 0 Å². The smallest absolute Gasteiger partial charge is 0.322 e. The fraction of sp³-hybridized carbons (Fsp3) is 0.556. The molecule has 1 aromatic carbocycles. The van der Waals surface area contributed by atoms with E-state index in [0.29, 0.717) is 19.6 Å². The Bertz CT molecular complexity index is 459. The van der Waals surface area contributed by atoms with E-state index in [2.05, 4.69) is 0 Å². The van der Waals surface area contributed by atoms with Crippen molar-refractivity contribution in [3.63, 3.8) is 0 Å². The molecular formula is C18H27NO4. The number of nitrogens with two attached hydrogens (primary N) is 1. The average molecular weight is 321 g/mol. The van der Waals surface area contributed by atoms with Gasteiger partial charge < -0.3 is 15.2 Å². The number of hydrogen-bond acceptors (Lipinski definition) is 5. The van der Waals surface area contributed by atoms with Crippen LogP contribution in [0.5, 0.6) is 0 Å². The van der Waals surface area contributed by atoms with Gasteiger partial charge in [0.2, 0.25) is 0 Å². The largest absolute Gasteiger partial charge is 0.465 e. The van der Waals surface area contributed by atoms with Crippen molar-refractivity contribution in [2.45, 2.75) is 58.1 Å². The quantitative estimate of drug-likeness (QED) is 0.501. The highest BCUT2D eigenvalue weighted by atomic mass is 16.5. The minimum atomic E-state index is -0.558. The molecule has 1 atom stereocenters.